The van der Waals surface area contributed by atoms with E-state index in [-0.39, 0.29) is 17.7 Å². The van der Waals surface area contributed by atoms with E-state index < -0.39 is 0 Å². The normalized spacial score (nSPS) is 26.5. The van der Waals surface area contributed by atoms with E-state index in [1.807, 2.05) is 0 Å². The first-order chi connectivity index (χ1) is 13.7. The highest BCUT2D eigenvalue weighted by atomic mass is 16.7. The molecule has 0 bridgehead atoms. The van der Waals surface area contributed by atoms with Gasteiger partial charge in [0.1, 0.15) is 0 Å². The molecule has 1 N–H and O–H groups in total. The summed E-state index contributed by atoms with van der Waals surface area (Å²) in [7, 11) is 0. The van der Waals surface area contributed by atoms with E-state index in [1.165, 1.54) is 18.4 Å². The average Bonchev–Trinajstić information content (AvgIpc) is 3.36. The van der Waals surface area contributed by atoms with Gasteiger partial charge in [0.05, 0.1) is 19.8 Å². The quantitative estimate of drug-likeness (QED) is 0.814. The number of nitrogens with zero attached hydrogens (tertiary/aromatic N) is 1. The Morgan fingerprint density at radius 2 is 1.89 bits per heavy atom. The molecule has 1 aliphatic carbocycles. The zero-order valence-corrected chi connectivity index (χ0v) is 17.1. The number of likely N-dealkylation sites (tertiary alicyclic amines) is 1. The Hall–Kier alpha value is -1.43. The molecule has 4 rings (SSSR count). The van der Waals surface area contributed by atoms with Crippen LogP contribution in [-0.2, 0) is 14.3 Å². The average molecular weight is 387 g/mol. The first kappa shape index (κ1) is 19.9. The number of ether oxygens (including phenoxy) is 2. The summed E-state index contributed by atoms with van der Waals surface area (Å²) in [4.78, 5) is 15.2. The van der Waals surface area contributed by atoms with E-state index in [0.29, 0.717) is 31.7 Å². The minimum absolute atomic E-state index is 0.170. The maximum absolute atomic E-state index is 12.8. The molecule has 1 amide bonds. The maximum Gasteiger partial charge on any atom is 0.234 e. The Morgan fingerprint density at radius 1 is 1.18 bits per heavy atom. The van der Waals surface area contributed by atoms with Crippen LogP contribution >= 0.6 is 0 Å². The molecule has 1 saturated carbocycles. The summed E-state index contributed by atoms with van der Waals surface area (Å²) in [5, 5.41) is 3.28. The van der Waals surface area contributed by atoms with Gasteiger partial charge in [-0.1, -0.05) is 37.3 Å². The number of hydrogen-bond acceptors (Lipinski definition) is 4. The van der Waals surface area contributed by atoms with Gasteiger partial charge in [0.2, 0.25) is 5.91 Å². The smallest absolute Gasteiger partial charge is 0.234 e. The number of carbonyl (C=O) groups is 1. The molecule has 2 aliphatic heterocycles. The standard InChI is InChI=1S/C23H34N2O3/c1-2-20(18-7-4-3-5-8-18)21-9-6-14-25(21)17-22(26)24-19-10-12-23(13-11-19)27-15-16-28-23/h3-5,7-8,19-21H,2,6,9-17H2,1H3,(H,24,26). The van der Waals surface area contributed by atoms with Gasteiger partial charge >= 0.3 is 0 Å². The molecular formula is C23H34N2O3. The monoisotopic (exact) mass is 386 g/mol. The second-order valence-corrected chi connectivity index (χ2v) is 8.55. The van der Waals surface area contributed by atoms with Crippen molar-refractivity contribution in [3.63, 3.8) is 0 Å². The molecule has 0 aromatic heterocycles. The van der Waals surface area contributed by atoms with Crippen LogP contribution in [0.3, 0.4) is 0 Å². The van der Waals surface area contributed by atoms with Crippen LogP contribution in [-0.4, -0.2) is 55.0 Å². The van der Waals surface area contributed by atoms with Crippen molar-refractivity contribution < 1.29 is 14.3 Å². The zero-order valence-electron chi connectivity index (χ0n) is 17.1. The summed E-state index contributed by atoms with van der Waals surface area (Å²) in [5.41, 5.74) is 1.40. The molecule has 3 aliphatic rings. The fraction of sp³-hybridized carbons (Fsp3) is 0.696. The summed E-state index contributed by atoms with van der Waals surface area (Å²) < 4.78 is 11.6. The topological polar surface area (TPSA) is 50.8 Å². The minimum atomic E-state index is -0.356. The zero-order chi connectivity index (χ0) is 19.4. The molecule has 1 spiro atoms. The van der Waals surface area contributed by atoms with Crippen LogP contribution in [0.2, 0.25) is 0 Å². The summed E-state index contributed by atoms with van der Waals surface area (Å²) in [6.07, 6.45) is 7.13. The lowest BCUT2D eigenvalue weighted by Crippen LogP contribution is -2.48. The van der Waals surface area contributed by atoms with Gasteiger partial charge in [0.15, 0.2) is 5.79 Å². The van der Waals surface area contributed by atoms with Crippen molar-refractivity contribution in [3.8, 4) is 0 Å². The maximum atomic E-state index is 12.8. The van der Waals surface area contributed by atoms with Gasteiger partial charge in [-0.15, -0.1) is 0 Å². The molecular weight excluding hydrogens is 352 g/mol. The lowest BCUT2D eigenvalue weighted by molar-refractivity contribution is -0.180. The molecule has 5 nitrogen and oxygen atoms in total. The van der Waals surface area contributed by atoms with E-state index in [9.17, 15) is 4.79 Å². The number of carbonyl (C=O) groups excluding carboxylic acids is 1. The third-order valence-electron chi connectivity index (χ3n) is 6.82. The highest BCUT2D eigenvalue weighted by Gasteiger charge is 2.41. The van der Waals surface area contributed by atoms with E-state index in [2.05, 4.69) is 47.5 Å². The number of nitrogens with one attached hydrogen (secondary N) is 1. The molecule has 28 heavy (non-hydrogen) atoms. The van der Waals surface area contributed by atoms with Crippen molar-refractivity contribution in [1.29, 1.82) is 0 Å². The lowest BCUT2D eigenvalue weighted by atomic mass is 9.87. The molecule has 2 unspecified atom stereocenters. The summed E-state index contributed by atoms with van der Waals surface area (Å²) in [6.45, 7) is 5.21. The molecule has 2 saturated heterocycles. The van der Waals surface area contributed by atoms with Crippen molar-refractivity contribution in [2.45, 2.75) is 75.7 Å². The van der Waals surface area contributed by atoms with Gasteiger partial charge in [-0.25, -0.2) is 0 Å². The second-order valence-electron chi connectivity index (χ2n) is 8.55. The summed E-state index contributed by atoms with van der Waals surface area (Å²) in [5.74, 6) is 0.317. The molecule has 2 heterocycles. The van der Waals surface area contributed by atoms with E-state index >= 15 is 0 Å². The molecule has 3 fully saturated rings. The minimum Gasteiger partial charge on any atom is -0.352 e. The number of hydrogen-bond donors (Lipinski definition) is 1. The Labute approximate surface area is 168 Å². The van der Waals surface area contributed by atoms with Gasteiger partial charge in [-0.3, -0.25) is 9.69 Å². The largest absolute Gasteiger partial charge is 0.352 e. The van der Waals surface area contributed by atoms with Crippen molar-refractivity contribution in [2.75, 3.05) is 26.3 Å². The molecule has 5 heteroatoms. The molecule has 0 radical (unpaired) electrons. The third kappa shape index (κ3) is 4.42. The Kier molecular flexibility index (Phi) is 6.34. The Bertz CT molecular complexity index is 635. The fourth-order valence-corrected chi connectivity index (χ4v) is 5.38. The predicted molar refractivity (Wildman–Crippen MR) is 109 cm³/mol. The lowest BCUT2D eigenvalue weighted by Gasteiger charge is -2.36. The molecule has 2 atom stereocenters. The van der Waals surface area contributed by atoms with Crippen molar-refractivity contribution in [3.05, 3.63) is 35.9 Å². The van der Waals surface area contributed by atoms with Crippen molar-refractivity contribution in [1.82, 2.24) is 10.2 Å². The van der Waals surface area contributed by atoms with Crippen LogP contribution in [0.4, 0.5) is 0 Å². The predicted octanol–water partition coefficient (Wildman–Crippen LogP) is 3.45. The van der Waals surface area contributed by atoms with Gasteiger partial charge in [0, 0.05) is 24.9 Å². The van der Waals surface area contributed by atoms with E-state index in [1.54, 1.807) is 0 Å². The van der Waals surface area contributed by atoms with Gasteiger partial charge < -0.3 is 14.8 Å². The Morgan fingerprint density at radius 3 is 2.57 bits per heavy atom. The van der Waals surface area contributed by atoms with Gasteiger partial charge in [-0.05, 0) is 50.1 Å². The first-order valence-corrected chi connectivity index (χ1v) is 11.1. The SMILES string of the molecule is CCC(c1ccccc1)C1CCCN1CC(=O)NC1CCC2(CC1)OCCO2. The fourth-order valence-electron chi connectivity index (χ4n) is 5.38. The highest BCUT2D eigenvalue weighted by molar-refractivity contribution is 5.78. The summed E-state index contributed by atoms with van der Waals surface area (Å²) in [6, 6.07) is 11.5. The van der Waals surface area contributed by atoms with E-state index in [0.717, 1.165) is 38.6 Å². The first-order valence-electron chi connectivity index (χ1n) is 11.1. The Balaban J connectivity index is 1.30. The van der Waals surface area contributed by atoms with Crippen LogP contribution in [0.5, 0.6) is 0 Å². The molecule has 154 valence electrons. The van der Waals surface area contributed by atoms with Crippen molar-refractivity contribution in [2.24, 2.45) is 0 Å². The van der Waals surface area contributed by atoms with Crippen LogP contribution in [0.25, 0.3) is 0 Å². The van der Waals surface area contributed by atoms with Crippen LogP contribution in [0.1, 0.15) is 63.4 Å². The van der Waals surface area contributed by atoms with Crippen molar-refractivity contribution >= 4 is 5.91 Å². The molecule has 1 aromatic carbocycles. The second kappa shape index (κ2) is 8.93. The number of rotatable bonds is 6. The highest BCUT2D eigenvalue weighted by Crippen LogP contribution is 2.36. The third-order valence-corrected chi connectivity index (χ3v) is 6.82. The number of benzene rings is 1. The van der Waals surface area contributed by atoms with Gasteiger partial charge in [-0.2, -0.15) is 0 Å². The summed E-state index contributed by atoms with van der Waals surface area (Å²) >= 11 is 0. The van der Waals surface area contributed by atoms with E-state index in [4.69, 9.17) is 9.47 Å². The number of amides is 1. The molecule has 1 aromatic rings. The van der Waals surface area contributed by atoms with Gasteiger partial charge in [0.25, 0.3) is 0 Å². The van der Waals surface area contributed by atoms with Crippen LogP contribution < -0.4 is 5.32 Å². The van der Waals surface area contributed by atoms with Crippen LogP contribution in [0.15, 0.2) is 30.3 Å². The van der Waals surface area contributed by atoms with Crippen LogP contribution in [0, 0.1) is 0 Å².